The highest BCUT2D eigenvalue weighted by Crippen LogP contribution is 2.21. The summed E-state index contributed by atoms with van der Waals surface area (Å²) in [7, 11) is 0. The van der Waals surface area contributed by atoms with E-state index < -0.39 is 6.04 Å². The number of nitrogens with one attached hydrogen (secondary N) is 1. The molecule has 0 heterocycles. The van der Waals surface area contributed by atoms with E-state index in [1.807, 2.05) is 69.3 Å². The molecule has 162 valence electrons. The molecule has 5 nitrogen and oxygen atoms in total. The van der Waals surface area contributed by atoms with E-state index in [0.717, 1.165) is 15.6 Å². The number of amides is 2. The summed E-state index contributed by atoms with van der Waals surface area (Å²) in [4.78, 5) is 27.2. The molecular weight excluding hydrogens is 444 g/mol. The fourth-order valence-electron chi connectivity index (χ4n) is 2.96. The number of rotatable bonds is 10. The van der Waals surface area contributed by atoms with Gasteiger partial charge in [-0.15, -0.1) is 0 Å². The number of halogens is 1. The third-order valence-corrected chi connectivity index (χ3v) is 5.72. The summed E-state index contributed by atoms with van der Waals surface area (Å²) in [5, 5.41) is 2.92. The number of benzene rings is 2. The Balaban J connectivity index is 2.06. The molecule has 0 bridgehead atoms. The zero-order valence-corrected chi connectivity index (χ0v) is 19.7. The van der Waals surface area contributed by atoms with Crippen molar-refractivity contribution in [1.29, 1.82) is 0 Å². The van der Waals surface area contributed by atoms with Gasteiger partial charge in [-0.05, 0) is 55.5 Å². The van der Waals surface area contributed by atoms with Crippen molar-refractivity contribution >= 4 is 27.7 Å². The molecule has 0 aliphatic heterocycles. The molecule has 0 saturated heterocycles. The predicted molar refractivity (Wildman–Crippen MR) is 124 cm³/mol. The average molecular weight is 475 g/mol. The second-order valence-electron chi connectivity index (χ2n) is 7.84. The van der Waals surface area contributed by atoms with Gasteiger partial charge in [-0.3, -0.25) is 9.59 Å². The van der Waals surface area contributed by atoms with Crippen molar-refractivity contribution in [2.45, 2.75) is 40.2 Å². The number of hydrogen-bond donors (Lipinski definition) is 1. The van der Waals surface area contributed by atoms with Crippen molar-refractivity contribution in [2.24, 2.45) is 5.92 Å². The molecule has 0 aliphatic rings. The van der Waals surface area contributed by atoms with Crippen LogP contribution in [-0.4, -0.2) is 42.5 Å². The molecule has 0 unspecified atom stereocenters. The molecule has 2 aromatic rings. The van der Waals surface area contributed by atoms with Gasteiger partial charge in [-0.1, -0.05) is 60.1 Å². The van der Waals surface area contributed by atoms with Crippen molar-refractivity contribution in [3.05, 3.63) is 64.1 Å². The first-order chi connectivity index (χ1) is 14.3. The summed E-state index contributed by atoms with van der Waals surface area (Å²) in [5.74, 6) is 0.617. The number of hydrogen-bond acceptors (Lipinski definition) is 3. The van der Waals surface area contributed by atoms with E-state index in [2.05, 4.69) is 21.2 Å². The van der Waals surface area contributed by atoms with Crippen LogP contribution in [0.2, 0.25) is 0 Å². The molecular formula is C24H31BrN2O3. The van der Waals surface area contributed by atoms with Gasteiger partial charge in [-0.25, -0.2) is 0 Å². The van der Waals surface area contributed by atoms with Crippen molar-refractivity contribution in [2.75, 3.05) is 19.7 Å². The van der Waals surface area contributed by atoms with E-state index in [9.17, 15) is 9.59 Å². The van der Waals surface area contributed by atoms with Crippen LogP contribution >= 0.6 is 15.9 Å². The third kappa shape index (κ3) is 7.48. The van der Waals surface area contributed by atoms with E-state index in [0.29, 0.717) is 31.2 Å². The van der Waals surface area contributed by atoms with Crippen LogP contribution < -0.4 is 10.1 Å². The van der Waals surface area contributed by atoms with Gasteiger partial charge >= 0.3 is 0 Å². The monoisotopic (exact) mass is 474 g/mol. The minimum atomic E-state index is -0.574. The van der Waals surface area contributed by atoms with Crippen molar-refractivity contribution in [3.63, 3.8) is 0 Å². The molecule has 0 fully saturated rings. The number of ether oxygens (including phenoxy) is 1. The summed E-state index contributed by atoms with van der Waals surface area (Å²) in [6.45, 7) is 8.72. The summed E-state index contributed by atoms with van der Waals surface area (Å²) >= 11 is 3.46. The lowest BCUT2D eigenvalue weighted by molar-refractivity contribution is -0.141. The predicted octanol–water partition coefficient (Wildman–Crippen LogP) is 4.37. The minimum absolute atomic E-state index is 0.113. The maximum atomic E-state index is 13.0. The second-order valence-corrected chi connectivity index (χ2v) is 8.69. The number of carbonyl (C=O) groups is 2. The van der Waals surface area contributed by atoms with E-state index in [1.54, 1.807) is 11.8 Å². The topological polar surface area (TPSA) is 58.6 Å². The van der Waals surface area contributed by atoms with Gasteiger partial charge in [0.25, 0.3) is 5.91 Å². The van der Waals surface area contributed by atoms with Crippen LogP contribution in [0.3, 0.4) is 0 Å². The summed E-state index contributed by atoms with van der Waals surface area (Å²) in [6.07, 6.45) is 0.672. The zero-order chi connectivity index (χ0) is 22.1. The van der Waals surface area contributed by atoms with Crippen molar-refractivity contribution in [3.8, 4) is 5.75 Å². The number of carbonyl (C=O) groups excluding carboxylic acids is 2. The Kier molecular flexibility index (Phi) is 9.37. The van der Waals surface area contributed by atoms with E-state index in [1.165, 1.54) is 0 Å². The highest BCUT2D eigenvalue weighted by molar-refractivity contribution is 9.10. The highest BCUT2D eigenvalue weighted by atomic mass is 79.9. The SMILES string of the molecule is Cc1cc(OCC(=O)N(CCc2ccccc2)[C@H](C)C(=O)NCC(C)C)ccc1Br. The Labute approximate surface area is 187 Å². The van der Waals surface area contributed by atoms with Gasteiger partial charge < -0.3 is 15.0 Å². The lowest BCUT2D eigenvalue weighted by Crippen LogP contribution is -2.50. The van der Waals surface area contributed by atoms with Crippen molar-refractivity contribution in [1.82, 2.24) is 10.2 Å². The quantitative estimate of drug-likeness (QED) is 0.556. The molecule has 0 aromatic heterocycles. The lowest BCUT2D eigenvalue weighted by atomic mass is 10.1. The maximum absolute atomic E-state index is 13.0. The zero-order valence-electron chi connectivity index (χ0n) is 18.2. The van der Waals surface area contributed by atoms with E-state index in [4.69, 9.17) is 4.74 Å². The Morgan fingerprint density at radius 1 is 1.10 bits per heavy atom. The third-order valence-electron chi connectivity index (χ3n) is 4.83. The first-order valence-electron chi connectivity index (χ1n) is 10.3. The molecule has 0 saturated carbocycles. The number of nitrogens with zero attached hydrogens (tertiary/aromatic N) is 1. The normalized spacial score (nSPS) is 11.8. The van der Waals surface area contributed by atoms with E-state index in [-0.39, 0.29) is 18.4 Å². The minimum Gasteiger partial charge on any atom is -0.484 e. The van der Waals surface area contributed by atoms with Gasteiger partial charge in [0.15, 0.2) is 6.61 Å². The Bertz CT molecular complexity index is 840. The fourth-order valence-corrected chi connectivity index (χ4v) is 3.20. The highest BCUT2D eigenvalue weighted by Gasteiger charge is 2.26. The molecule has 2 rings (SSSR count). The standard InChI is InChI=1S/C24H31BrN2O3/c1-17(2)15-26-24(29)19(4)27(13-12-20-8-6-5-7-9-20)23(28)16-30-21-10-11-22(25)18(3)14-21/h5-11,14,17,19H,12-13,15-16H2,1-4H3,(H,26,29)/t19-/m1/s1. The molecule has 1 atom stereocenters. The smallest absolute Gasteiger partial charge is 0.261 e. The molecule has 6 heteroatoms. The average Bonchev–Trinajstić information content (AvgIpc) is 2.73. The maximum Gasteiger partial charge on any atom is 0.261 e. The fraction of sp³-hybridized carbons (Fsp3) is 0.417. The van der Waals surface area contributed by atoms with Crippen LogP contribution in [0.4, 0.5) is 0 Å². The lowest BCUT2D eigenvalue weighted by Gasteiger charge is -2.29. The van der Waals surface area contributed by atoms with Crippen molar-refractivity contribution < 1.29 is 14.3 Å². The largest absolute Gasteiger partial charge is 0.484 e. The molecule has 2 amide bonds. The van der Waals surface area contributed by atoms with Gasteiger partial charge in [0.1, 0.15) is 11.8 Å². The Morgan fingerprint density at radius 2 is 1.80 bits per heavy atom. The van der Waals surface area contributed by atoms with Crippen LogP contribution in [0.15, 0.2) is 53.0 Å². The molecule has 0 spiro atoms. The molecule has 30 heavy (non-hydrogen) atoms. The van der Waals surface area contributed by atoms with E-state index >= 15 is 0 Å². The van der Waals surface area contributed by atoms with Crippen LogP contribution in [0.1, 0.15) is 31.9 Å². The summed E-state index contributed by atoms with van der Waals surface area (Å²) in [6, 6.07) is 15.0. The number of aryl methyl sites for hydroxylation is 1. The molecule has 0 aliphatic carbocycles. The Morgan fingerprint density at radius 3 is 2.43 bits per heavy atom. The second kappa shape index (κ2) is 11.7. The van der Waals surface area contributed by atoms with Gasteiger partial charge in [0.2, 0.25) is 5.91 Å². The van der Waals surface area contributed by atoms with Gasteiger partial charge in [-0.2, -0.15) is 0 Å². The first kappa shape index (κ1) is 23.9. The summed E-state index contributed by atoms with van der Waals surface area (Å²) < 4.78 is 6.71. The van der Waals surface area contributed by atoms with Crippen LogP contribution in [0, 0.1) is 12.8 Å². The first-order valence-corrected chi connectivity index (χ1v) is 11.1. The molecule has 2 aromatic carbocycles. The van der Waals surface area contributed by atoms with Gasteiger partial charge in [0, 0.05) is 17.6 Å². The van der Waals surface area contributed by atoms with Crippen LogP contribution in [0.25, 0.3) is 0 Å². The molecule has 1 N–H and O–H groups in total. The molecule has 0 radical (unpaired) electrons. The van der Waals surface area contributed by atoms with Crippen LogP contribution in [-0.2, 0) is 16.0 Å². The Hall–Kier alpha value is -2.34. The summed E-state index contributed by atoms with van der Waals surface area (Å²) in [5.41, 5.74) is 2.15. The van der Waals surface area contributed by atoms with Crippen LogP contribution in [0.5, 0.6) is 5.75 Å². The van der Waals surface area contributed by atoms with Gasteiger partial charge in [0.05, 0.1) is 0 Å².